The summed E-state index contributed by atoms with van der Waals surface area (Å²) in [6.45, 7) is 1.63. The van der Waals surface area contributed by atoms with Crippen molar-refractivity contribution in [3.05, 3.63) is 0 Å². The molecule has 16 heavy (non-hydrogen) atoms. The van der Waals surface area contributed by atoms with E-state index in [2.05, 4.69) is 11.7 Å². The van der Waals surface area contributed by atoms with E-state index >= 15 is 0 Å². The van der Waals surface area contributed by atoms with Gasteiger partial charge in [0.2, 0.25) is 0 Å². The minimum absolute atomic E-state index is 0.282. The van der Waals surface area contributed by atoms with Crippen LogP contribution in [0.25, 0.3) is 0 Å². The number of likely N-dealkylation sites (N-methyl/N-ethyl adjacent to an activating group) is 1. The van der Waals surface area contributed by atoms with E-state index in [9.17, 15) is 18.3 Å². The van der Waals surface area contributed by atoms with E-state index in [0.717, 1.165) is 19.4 Å². The fourth-order valence-electron chi connectivity index (χ4n) is 1.24. The Morgan fingerprint density at radius 3 is 2.50 bits per heavy atom. The summed E-state index contributed by atoms with van der Waals surface area (Å²) in [6, 6.07) is 0. The van der Waals surface area contributed by atoms with Gasteiger partial charge in [0, 0.05) is 6.54 Å². The second-order valence-electron chi connectivity index (χ2n) is 3.90. The summed E-state index contributed by atoms with van der Waals surface area (Å²) >= 11 is 0. The molecule has 0 bridgehead atoms. The van der Waals surface area contributed by atoms with Crippen molar-refractivity contribution < 1.29 is 23.0 Å². The van der Waals surface area contributed by atoms with E-state index in [1.165, 1.54) is 0 Å². The fraction of sp³-hybridized carbons (Fsp3) is 1.00. The molecule has 1 N–H and O–H groups in total. The lowest BCUT2D eigenvalue weighted by atomic mass is 10.3. The van der Waals surface area contributed by atoms with Crippen LogP contribution in [0.1, 0.15) is 19.8 Å². The first-order valence-corrected chi connectivity index (χ1v) is 5.36. The Bertz CT molecular complexity index is 176. The first-order chi connectivity index (χ1) is 7.35. The van der Waals surface area contributed by atoms with Gasteiger partial charge in [0.25, 0.3) is 0 Å². The number of aliphatic hydroxyl groups is 1. The molecule has 0 spiro atoms. The zero-order valence-electron chi connectivity index (χ0n) is 9.76. The van der Waals surface area contributed by atoms with Crippen LogP contribution in [0.3, 0.4) is 0 Å². The monoisotopic (exact) mass is 243 g/mol. The number of unbranched alkanes of at least 4 members (excludes halogenated alkanes) is 1. The number of hydrogen-bond donors (Lipinski definition) is 1. The number of halogens is 3. The molecule has 0 radical (unpaired) electrons. The number of alkyl halides is 3. The molecular formula is C10H20F3NO2. The van der Waals surface area contributed by atoms with Crippen LogP contribution in [0.2, 0.25) is 0 Å². The Labute approximate surface area is 94.2 Å². The van der Waals surface area contributed by atoms with Crippen molar-refractivity contribution in [3.8, 4) is 0 Å². The highest BCUT2D eigenvalue weighted by atomic mass is 19.4. The minimum Gasteiger partial charge on any atom is -0.389 e. The van der Waals surface area contributed by atoms with Crippen molar-refractivity contribution in [3.63, 3.8) is 0 Å². The molecule has 0 aliphatic rings. The average Bonchev–Trinajstić information content (AvgIpc) is 2.12. The topological polar surface area (TPSA) is 32.7 Å². The highest BCUT2D eigenvalue weighted by molar-refractivity contribution is 4.61. The maximum Gasteiger partial charge on any atom is 0.411 e. The van der Waals surface area contributed by atoms with Crippen LogP contribution < -0.4 is 0 Å². The molecule has 0 amide bonds. The average molecular weight is 243 g/mol. The van der Waals surface area contributed by atoms with Gasteiger partial charge in [0.1, 0.15) is 6.61 Å². The van der Waals surface area contributed by atoms with Crippen LogP contribution in [0.15, 0.2) is 0 Å². The number of hydrogen-bond acceptors (Lipinski definition) is 3. The van der Waals surface area contributed by atoms with Gasteiger partial charge in [0.05, 0.1) is 12.7 Å². The Morgan fingerprint density at radius 1 is 1.38 bits per heavy atom. The lowest BCUT2D eigenvalue weighted by Crippen LogP contribution is -2.33. The summed E-state index contributed by atoms with van der Waals surface area (Å²) < 4.78 is 39.5. The lowest BCUT2D eigenvalue weighted by Gasteiger charge is -2.20. The quantitative estimate of drug-likeness (QED) is 0.703. The van der Waals surface area contributed by atoms with Crippen molar-refractivity contribution >= 4 is 0 Å². The molecule has 0 aromatic heterocycles. The normalized spacial score (nSPS) is 14.4. The van der Waals surface area contributed by atoms with Crippen LogP contribution in [0, 0.1) is 0 Å². The molecule has 0 heterocycles. The van der Waals surface area contributed by atoms with E-state index in [4.69, 9.17) is 0 Å². The van der Waals surface area contributed by atoms with Gasteiger partial charge in [-0.2, -0.15) is 13.2 Å². The number of nitrogens with zero attached hydrogens (tertiary/aromatic N) is 1. The molecule has 6 heteroatoms. The zero-order valence-corrected chi connectivity index (χ0v) is 9.76. The lowest BCUT2D eigenvalue weighted by molar-refractivity contribution is -0.179. The SMILES string of the molecule is CCCCN(C)C[C@H](O)COCC(F)(F)F. The van der Waals surface area contributed by atoms with Gasteiger partial charge < -0.3 is 14.7 Å². The van der Waals surface area contributed by atoms with Gasteiger partial charge in [-0.3, -0.25) is 0 Å². The Hall–Kier alpha value is -0.330. The van der Waals surface area contributed by atoms with Gasteiger partial charge in [-0.15, -0.1) is 0 Å². The summed E-state index contributed by atoms with van der Waals surface area (Å²) in [7, 11) is 1.82. The maximum absolute atomic E-state index is 11.7. The van der Waals surface area contributed by atoms with Crippen molar-refractivity contribution in [2.45, 2.75) is 32.0 Å². The second-order valence-corrected chi connectivity index (χ2v) is 3.90. The van der Waals surface area contributed by atoms with E-state index < -0.39 is 18.9 Å². The molecule has 0 fully saturated rings. The predicted octanol–water partition coefficient (Wildman–Crippen LogP) is 1.66. The largest absolute Gasteiger partial charge is 0.411 e. The summed E-state index contributed by atoms with van der Waals surface area (Å²) in [5, 5.41) is 9.38. The molecule has 0 saturated heterocycles. The molecule has 0 unspecified atom stereocenters. The van der Waals surface area contributed by atoms with Gasteiger partial charge in [0.15, 0.2) is 0 Å². The van der Waals surface area contributed by atoms with Gasteiger partial charge in [-0.25, -0.2) is 0 Å². The highest BCUT2D eigenvalue weighted by Gasteiger charge is 2.27. The van der Waals surface area contributed by atoms with Crippen molar-refractivity contribution in [2.24, 2.45) is 0 Å². The van der Waals surface area contributed by atoms with Crippen molar-refractivity contribution in [2.75, 3.05) is 33.4 Å². The molecule has 0 aliphatic heterocycles. The highest BCUT2D eigenvalue weighted by Crippen LogP contribution is 2.14. The standard InChI is InChI=1S/C10H20F3NO2/c1-3-4-5-14(2)6-9(15)7-16-8-10(11,12)13/h9,15H,3-8H2,1-2H3/t9-/m0/s1. The summed E-state index contributed by atoms with van der Waals surface area (Å²) in [5.74, 6) is 0. The van der Waals surface area contributed by atoms with Crippen LogP contribution in [0.4, 0.5) is 13.2 Å². The molecule has 0 aromatic carbocycles. The number of ether oxygens (including phenoxy) is 1. The van der Waals surface area contributed by atoms with Crippen LogP contribution in [-0.2, 0) is 4.74 Å². The molecular weight excluding hydrogens is 223 g/mol. The summed E-state index contributed by atoms with van der Waals surface area (Å²) in [6.07, 6.45) is -3.14. The predicted molar refractivity (Wildman–Crippen MR) is 55.3 cm³/mol. The molecule has 3 nitrogen and oxygen atoms in total. The van der Waals surface area contributed by atoms with Gasteiger partial charge in [-0.1, -0.05) is 13.3 Å². The molecule has 0 aromatic rings. The van der Waals surface area contributed by atoms with Crippen LogP contribution in [-0.4, -0.2) is 55.6 Å². The molecule has 0 rings (SSSR count). The maximum atomic E-state index is 11.7. The number of rotatable bonds is 8. The summed E-state index contributed by atoms with van der Waals surface area (Å²) in [5.41, 5.74) is 0. The number of aliphatic hydroxyl groups excluding tert-OH is 1. The van der Waals surface area contributed by atoms with Gasteiger partial charge >= 0.3 is 6.18 Å². The molecule has 0 aliphatic carbocycles. The van der Waals surface area contributed by atoms with Crippen LogP contribution in [0.5, 0.6) is 0 Å². The van der Waals surface area contributed by atoms with Crippen LogP contribution >= 0.6 is 0 Å². The van der Waals surface area contributed by atoms with Crippen molar-refractivity contribution in [1.82, 2.24) is 4.90 Å². The Balaban J connectivity index is 3.54. The molecule has 0 saturated carbocycles. The Morgan fingerprint density at radius 2 is 2.00 bits per heavy atom. The third kappa shape index (κ3) is 10.2. The zero-order chi connectivity index (χ0) is 12.6. The van der Waals surface area contributed by atoms with E-state index in [1.54, 1.807) is 0 Å². The van der Waals surface area contributed by atoms with Gasteiger partial charge in [-0.05, 0) is 20.0 Å². The molecule has 98 valence electrons. The fourth-order valence-corrected chi connectivity index (χ4v) is 1.24. The van der Waals surface area contributed by atoms with E-state index in [1.807, 2.05) is 11.9 Å². The van der Waals surface area contributed by atoms with E-state index in [0.29, 0.717) is 6.54 Å². The molecule has 1 atom stereocenters. The van der Waals surface area contributed by atoms with Crippen molar-refractivity contribution in [1.29, 1.82) is 0 Å². The second kappa shape index (κ2) is 7.86. The third-order valence-electron chi connectivity index (χ3n) is 1.99. The Kier molecular flexibility index (Phi) is 7.70. The third-order valence-corrected chi connectivity index (χ3v) is 1.99. The van der Waals surface area contributed by atoms with E-state index in [-0.39, 0.29) is 6.61 Å². The first kappa shape index (κ1) is 15.7. The summed E-state index contributed by atoms with van der Waals surface area (Å²) in [4.78, 5) is 1.88. The first-order valence-electron chi connectivity index (χ1n) is 5.36. The smallest absolute Gasteiger partial charge is 0.389 e. The minimum atomic E-state index is -4.33.